The molecule has 1 N–H and O–H groups in total. The zero-order valence-electron chi connectivity index (χ0n) is 10.6. The Balaban J connectivity index is 3.10. The number of nitrogens with one attached hydrogen (secondary N) is 1. The second-order valence-electron chi connectivity index (χ2n) is 3.65. The summed E-state index contributed by atoms with van der Waals surface area (Å²) in [6.45, 7) is 3.06. The fraction of sp³-hybridized carbons (Fsp3) is 0.538. The van der Waals surface area contributed by atoms with Crippen LogP contribution in [0.25, 0.3) is 0 Å². The first-order valence-electron chi connectivity index (χ1n) is 5.65. The van der Waals surface area contributed by atoms with Gasteiger partial charge < -0.3 is 14.8 Å². The van der Waals surface area contributed by atoms with Gasteiger partial charge in [0.1, 0.15) is 11.5 Å². The van der Waals surface area contributed by atoms with Crippen molar-refractivity contribution in [3.8, 4) is 11.5 Å². The van der Waals surface area contributed by atoms with Crippen molar-refractivity contribution in [2.75, 3.05) is 27.8 Å². The van der Waals surface area contributed by atoms with Crippen LogP contribution in [-0.4, -0.2) is 27.8 Å². The first-order chi connectivity index (χ1) is 7.78. The molecule has 0 bridgehead atoms. The molecule has 3 heteroatoms. The molecule has 0 heterocycles. The first kappa shape index (κ1) is 12.8. The predicted molar refractivity (Wildman–Crippen MR) is 66.6 cm³/mol. The van der Waals surface area contributed by atoms with E-state index >= 15 is 0 Å². The molecular weight excluding hydrogens is 202 g/mol. The maximum atomic E-state index is 5.50. The van der Waals surface area contributed by atoms with Crippen LogP contribution < -0.4 is 14.8 Å². The molecule has 16 heavy (non-hydrogen) atoms. The van der Waals surface area contributed by atoms with Gasteiger partial charge in [-0.1, -0.05) is 13.0 Å². The molecule has 0 atom stereocenters. The van der Waals surface area contributed by atoms with E-state index in [-0.39, 0.29) is 0 Å². The van der Waals surface area contributed by atoms with Gasteiger partial charge in [0.15, 0.2) is 0 Å². The van der Waals surface area contributed by atoms with Crippen LogP contribution in [0.15, 0.2) is 12.1 Å². The zero-order valence-corrected chi connectivity index (χ0v) is 10.6. The van der Waals surface area contributed by atoms with Crippen molar-refractivity contribution in [1.29, 1.82) is 0 Å². The minimum absolute atomic E-state index is 0.910. The van der Waals surface area contributed by atoms with E-state index in [0.29, 0.717) is 0 Å². The van der Waals surface area contributed by atoms with Crippen molar-refractivity contribution in [3.63, 3.8) is 0 Å². The minimum atomic E-state index is 0.910. The van der Waals surface area contributed by atoms with Gasteiger partial charge in [-0.2, -0.15) is 0 Å². The number of methoxy groups -OCH3 is 2. The van der Waals surface area contributed by atoms with Crippen molar-refractivity contribution in [1.82, 2.24) is 5.32 Å². The fourth-order valence-corrected chi connectivity index (χ4v) is 1.90. The van der Waals surface area contributed by atoms with Crippen LogP contribution in [-0.2, 0) is 12.8 Å². The Hall–Kier alpha value is -1.22. The Kier molecular flexibility index (Phi) is 5.12. The monoisotopic (exact) mass is 223 g/mol. The molecule has 0 saturated carbocycles. The molecule has 0 aliphatic heterocycles. The summed E-state index contributed by atoms with van der Waals surface area (Å²) in [7, 11) is 5.37. The average molecular weight is 223 g/mol. The van der Waals surface area contributed by atoms with Crippen LogP contribution in [0.5, 0.6) is 11.5 Å². The lowest BCUT2D eigenvalue weighted by molar-refractivity contribution is 0.382. The third kappa shape index (κ3) is 2.67. The summed E-state index contributed by atoms with van der Waals surface area (Å²) in [5, 5.41) is 3.15. The molecule has 0 radical (unpaired) electrons. The number of likely N-dealkylation sites (N-methyl/N-ethyl adjacent to an activating group) is 1. The summed E-state index contributed by atoms with van der Waals surface area (Å²) in [6, 6.07) is 4.10. The SMILES string of the molecule is CCc1c(OC)ccc(CCNC)c1OC. The topological polar surface area (TPSA) is 30.5 Å². The van der Waals surface area contributed by atoms with Crippen LogP contribution in [0.2, 0.25) is 0 Å². The zero-order chi connectivity index (χ0) is 12.0. The van der Waals surface area contributed by atoms with Crippen LogP contribution in [0, 0.1) is 0 Å². The molecule has 0 spiro atoms. The van der Waals surface area contributed by atoms with E-state index in [1.807, 2.05) is 13.1 Å². The smallest absolute Gasteiger partial charge is 0.128 e. The van der Waals surface area contributed by atoms with Gasteiger partial charge in [0, 0.05) is 5.56 Å². The molecule has 0 aliphatic rings. The van der Waals surface area contributed by atoms with E-state index in [9.17, 15) is 0 Å². The molecule has 1 rings (SSSR count). The van der Waals surface area contributed by atoms with E-state index in [0.717, 1.165) is 36.4 Å². The molecule has 0 saturated heterocycles. The average Bonchev–Trinajstić information content (AvgIpc) is 2.34. The molecule has 90 valence electrons. The van der Waals surface area contributed by atoms with E-state index in [2.05, 4.69) is 18.3 Å². The van der Waals surface area contributed by atoms with Crippen LogP contribution in [0.3, 0.4) is 0 Å². The highest BCUT2D eigenvalue weighted by Gasteiger charge is 2.12. The lowest BCUT2D eigenvalue weighted by Gasteiger charge is -2.15. The molecule has 0 fully saturated rings. The highest BCUT2D eigenvalue weighted by molar-refractivity contribution is 5.50. The number of ether oxygens (including phenoxy) is 2. The molecule has 0 aromatic heterocycles. The quantitative estimate of drug-likeness (QED) is 0.800. The van der Waals surface area contributed by atoms with Crippen molar-refractivity contribution < 1.29 is 9.47 Å². The molecule has 1 aromatic carbocycles. The summed E-state index contributed by atoms with van der Waals surface area (Å²) in [6.07, 6.45) is 1.89. The van der Waals surface area contributed by atoms with Crippen LogP contribution >= 0.6 is 0 Å². The van der Waals surface area contributed by atoms with Gasteiger partial charge in [-0.25, -0.2) is 0 Å². The Morgan fingerprint density at radius 2 is 1.94 bits per heavy atom. The molecule has 0 unspecified atom stereocenters. The van der Waals surface area contributed by atoms with Gasteiger partial charge in [-0.15, -0.1) is 0 Å². The Labute approximate surface area is 97.8 Å². The highest BCUT2D eigenvalue weighted by Crippen LogP contribution is 2.32. The van der Waals surface area contributed by atoms with Gasteiger partial charge in [-0.3, -0.25) is 0 Å². The van der Waals surface area contributed by atoms with Gasteiger partial charge >= 0.3 is 0 Å². The van der Waals surface area contributed by atoms with Gasteiger partial charge in [0.05, 0.1) is 14.2 Å². The summed E-state index contributed by atoms with van der Waals surface area (Å²) < 4.78 is 10.8. The van der Waals surface area contributed by atoms with Crippen molar-refractivity contribution in [2.24, 2.45) is 0 Å². The van der Waals surface area contributed by atoms with E-state index in [1.165, 1.54) is 5.56 Å². The van der Waals surface area contributed by atoms with Crippen molar-refractivity contribution in [3.05, 3.63) is 23.3 Å². The standard InChI is InChI=1S/C13H21NO2/c1-5-11-12(15-3)7-6-10(8-9-14-2)13(11)16-4/h6-7,14H,5,8-9H2,1-4H3. The Morgan fingerprint density at radius 3 is 2.44 bits per heavy atom. The summed E-state index contributed by atoms with van der Waals surface area (Å²) in [4.78, 5) is 0. The lowest BCUT2D eigenvalue weighted by Crippen LogP contribution is -2.11. The third-order valence-electron chi connectivity index (χ3n) is 2.72. The van der Waals surface area contributed by atoms with E-state index < -0.39 is 0 Å². The van der Waals surface area contributed by atoms with Crippen LogP contribution in [0.1, 0.15) is 18.1 Å². The minimum Gasteiger partial charge on any atom is -0.496 e. The number of benzene rings is 1. The number of hydrogen-bond acceptors (Lipinski definition) is 3. The molecular formula is C13H21NO2. The second kappa shape index (κ2) is 6.38. The molecule has 3 nitrogen and oxygen atoms in total. The van der Waals surface area contributed by atoms with Crippen LogP contribution in [0.4, 0.5) is 0 Å². The highest BCUT2D eigenvalue weighted by atomic mass is 16.5. The second-order valence-corrected chi connectivity index (χ2v) is 3.65. The van der Waals surface area contributed by atoms with Gasteiger partial charge in [0.25, 0.3) is 0 Å². The molecule has 1 aromatic rings. The lowest BCUT2D eigenvalue weighted by atomic mass is 10.0. The summed E-state index contributed by atoms with van der Waals surface area (Å²) >= 11 is 0. The maximum absolute atomic E-state index is 5.50. The first-order valence-corrected chi connectivity index (χ1v) is 5.65. The van der Waals surface area contributed by atoms with E-state index in [1.54, 1.807) is 14.2 Å². The number of rotatable bonds is 6. The number of hydrogen-bond donors (Lipinski definition) is 1. The van der Waals surface area contributed by atoms with Crippen molar-refractivity contribution in [2.45, 2.75) is 19.8 Å². The summed E-state index contributed by atoms with van der Waals surface area (Å²) in [5.41, 5.74) is 2.38. The van der Waals surface area contributed by atoms with Crippen molar-refractivity contribution >= 4 is 0 Å². The summed E-state index contributed by atoms with van der Waals surface area (Å²) in [5.74, 6) is 1.88. The normalized spacial score (nSPS) is 10.2. The largest absolute Gasteiger partial charge is 0.496 e. The fourth-order valence-electron chi connectivity index (χ4n) is 1.90. The maximum Gasteiger partial charge on any atom is 0.128 e. The predicted octanol–water partition coefficient (Wildman–Crippen LogP) is 2.03. The Bertz CT molecular complexity index is 337. The molecule has 0 amide bonds. The Morgan fingerprint density at radius 1 is 1.19 bits per heavy atom. The third-order valence-corrected chi connectivity index (χ3v) is 2.72. The van der Waals surface area contributed by atoms with Gasteiger partial charge in [-0.05, 0) is 38.1 Å². The molecule has 0 aliphatic carbocycles. The van der Waals surface area contributed by atoms with Gasteiger partial charge in [0.2, 0.25) is 0 Å². The van der Waals surface area contributed by atoms with E-state index in [4.69, 9.17) is 9.47 Å².